The van der Waals surface area contributed by atoms with Gasteiger partial charge in [0.1, 0.15) is 5.82 Å². The second-order valence-corrected chi connectivity index (χ2v) is 8.15. The first-order valence-corrected chi connectivity index (χ1v) is 10.3. The Morgan fingerprint density at radius 2 is 1.89 bits per heavy atom. The van der Waals surface area contributed by atoms with Crippen LogP contribution < -0.4 is 5.32 Å². The number of carbonyl (C=O) groups is 1. The zero-order valence-electron chi connectivity index (χ0n) is 16.6. The van der Waals surface area contributed by atoms with Gasteiger partial charge in [-0.15, -0.1) is 0 Å². The maximum Gasteiger partial charge on any atom is 0.318 e. The van der Waals surface area contributed by atoms with E-state index in [0.29, 0.717) is 12.6 Å². The van der Waals surface area contributed by atoms with Crippen LogP contribution in [0.2, 0.25) is 0 Å². The fourth-order valence-electron chi connectivity index (χ4n) is 4.39. The number of hydrogen-bond donors (Lipinski definition) is 2. The molecule has 146 valence electrons. The number of benzene rings is 1. The van der Waals surface area contributed by atoms with Crippen LogP contribution in [0.25, 0.3) is 11.0 Å². The summed E-state index contributed by atoms with van der Waals surface area (Å²) >= 11 is 0. The number of rotatable bonds is 4. The van der Waals surface area contributed by atoms with Gasteiger partial charge >= 0.3 is 6.03 Å². The molecule has 4 rings (SSSR count). The summed E-state index contributed by atoms with van der Waals surface area (Å²) in [7, 11) is 0. The summed E-state index contributed by atoms with van der Waals surface area (Å²) in [4.78, 5) is 25.4. The fourth-order valence-corrected chi connectivity index (χ4v) is 4.39. The van der Waals surface area contributed by atoms with Crippen molar-refractivity contribution in [2.75, 3.05) is 26.2 Å². The number of urea groups is 1. The van der Waals surface area contributed by atoms with Crippen molar-refractivity contribution in [1.82, 2.24) is 25.1 Å². The van der Waals surface area contributed by atoms with Crippen LogP contribution >= 0.6 is 0 Å². The number of imidazole rings is 1. The number of likely N-dealkylation sites (tertiary alicyclic amines) is 2. The number of hydrogen-bond acceptors (Lipinski definition) is 3. The quantitative estimate of drug-likeness (QED) is 0.869. The van der Waals surface area contributed by atoms with Crippen molar-refractivity contribution in [3.63, 3.8) is 0 Å². The van der Waals surface area contributed by atoms with Crippen LogP contribution in [0.3, 0.4) is 0 Å². The van der Waals surface area contributed by atoms with Crippen molar-refractivity contribution in [1.29, 1.82) is 0 Å². The number of piperidine rings is 1. The molecule has 1 unspecified atom stereocenters. The Labute approximate surface area is 161 Å². The molecule has 0 saturated carbocycles. The minimum absolute atomic E-state index is 0.0479. The predicted molar refractivity (Wildman–Crippen MR) is 108 cm³/mol. The van der Waals surface area contributed by atoms with Crippen molar-refractivity contribution < 1.29 is 4.79 Å². The molecule has 2 fully saturated rings. The molecule has 2 aromatic rings. The molecule has 0 bridgehead atoms. The standard InChI is InChI=1S/C21H31N5O/c1-15-11-18-19(12-16(15)2)24-20(23-18)13-22-21(27)26-10-4-3-7-17(26)14-25-8-5-6-9-25/h11-12,17H,3-10,13-14H2,1-2H3,(H,22,27)(H,23,24). The lowest BCUT2D eigenvalue weighted by Crippen LogP contribution is -2.52. The van der Waals surface area contributed by atoms with Crippen LogP contribution in [0.4, 0.5) is 4.79 Å². The molecular weight excluding hydrogens is 338 g/mol. The fraction of sp³-hybridized carbons (Fsp3) is 0.619. The summed E-state index contributed by atoms with van der Waals surface area (Å²) in [5.74, 6) is 0.816. The number of aromatic nitrogens is 2. The van der Waals surface area contributed by atoms with Crippen molar-refractivity contribution in [2.45, 2.75) is 58.5 Å². The van der Waals surface area contributed by atoms with E-state index in [1.54, 1.807) is 0 Å². The lowest BCUT2D eigenvalue weighted by atomic mass is 10.0. The third-order valence-corrected chi connectivity index (χ3v) is 6.11. The van der Waals surface area contributed by atoms with Gasteiger partial charge in [0.05, 0.1) is 17.6 Å². The van der Waals surface area contributed by atoms with E-state index in [2.05, 4.69) is 51.1 Å². The van der Waals surface area contributed by atoms with Gasteiger partial charge in [-0.1, -0.05) is 0 Å². The highest BCUT2D eigenvalue weighted by molar-refractivity contribution is 5.77. The van der Waals surface area contributed by atoms with Crippen LogP contribution in [-0.4, -0.2) is 58.0 Å². The molecule has 2 saturated heterocycles. The predicted octanol–water partition coefficient (Wildman–Crippen LogP) is 3.34. The van der Waals surface area contributed by atoms with Gasteiger partial charge in [0.15, 0.2) is 0 Å². The largest absolute Gasteiger partial charge is 0.340 e. The highest BCUT2D eigenvalue weighted by Gasteiger charge is 2.29. The normalized spacial score (nSPS) is 21.1. The molecule has 1 aromatic carbocycles. The summed E-state index contributed by atoms with van der Waals surface area (Å²) in [6.45, 7) is 8.90. The maximum absolute atomic E-state index is 12.8. The van der Waals surface area contributed by atoms with Crippen molar-refractivity contribution in [2.24, 2.45) is 0 Å². The lowest BCUT2D eigenvalue weighted by molar-refractivity contribution is 0.127. The number of H-pyrrole nitrogens is 1. The Bertz CT molecular complexity index is 769. The molecule has 3 heterocycles. The summed E-state index contributed by atoms with van der Waals surface area (Å²) in [5, 5.41) is 3.09. The molecule has 27 heavy (non-hydrogen) atoms. The minimum atomic E-state index is 0.0479. The molecule has 1 aromatic heterocycles. The molecule has 0 spiro atoms. The SMILES string of the molecule is Cc1cc2nc(CNC(=O)N3CCCCC3CN3CCCC3)[nH]c2cc1C. The van der Waals surface area contributed by atoms with Crippen molar-refractivity contribution in [3.05, 3.63) is 29.1 Å². The molecule has 6 nitrogen and oxygen atoms in total. The third kappa shape index (κ3) is 4.10. The number of carbonyl (C=O) groups excluding carboxylic acids is 1. The summed E-state index contributed by atoms with van der Waals surface area (Å²) in [6, 6.07) is 4.62. The molecule has 0 aliphatic carbocycles. The first kappa shape index (κ1) is 18.3. The van der Waals surface area contributed by atoms with Gasteiger partial charge < -0.3 is 20.1 Å². The minimum Gasteiger partial charge on any atom is -0.340 e. The van der Waals surface area contributed by atoms with E-state index in [9.17, 15) is 4.79 Å². The first-order chi connectivity index (χ1) is 13.1. The molecule has 2 N–H and O–H groups in total. The van der Waals surface area contributed by atoms with Crippen LogP contribution in [0.1, 0.15) is 49.1 Å². The van der Waals surface area contributed by atoms with Gasteiger partial charge in [0.2, 0.25) is 0 Å². The highest BCUT2D eigenvalue weighted by Crippen LogP contribution is 2.21. The second-order valence-electron chi connectivity index (χ2n) is 8.15. The van der Waals surface area contributed by atoms with Gasteiger partial charge in [-0.3, -0.25) is 0 Å². The Kier molecular flexibility index (Phi) is 5.34. The molecule has 6 heteroatoms. The van der Waals surface area contributed by atoms with E-state index >= 15 is 0 Å². The number of amides is 2. The Hall–Kier alpha value is -2.08. The monoisotopic (exact) mass is 369 g/mol. The van der Waals surface area contributed by atoms with Crippen molar-refractivity contribution in [3.8, 4) is 0 Å². The van der Waals surface area contributed by atoms with Crippen LogP contribution in [0, 0.1) is 13.8 Å². The second kappa shape index (κ2) is 7.89. The summed E-state index contributed by atoms with van der Waals surface area (Å²) < 4.78 is 0. The van der Waals surface area contributed by atoms with Gasteiger partial charge in [0, 0.05) is 19.1 Å². The zero-order valence-corrected chi connectivity index (χ0v) is 16.6. The Morgan fingerprint density at radius 3 is 2.70 bits per heavy atom. The molecule has 1 atom stereocenters. The molecule has 2 aliphatic rings. The van der Waals surface area contributed by atoms with E-state index < -0.39 is 0 Å². The number of aromatic amines is 1. The van der Waals surface area contributed by atoms with Gasteiger partial charge in [-0.2, -0.15) is 0 Å². The third-order valence-electron chi connectivity index (χ3n) is 6.11. The van der Waals surface area contributed by atoms with Gasteiger partial charge in [-0.25, -0.2) is 9.78 Å². The van der Waals surface area contributed by atoms with E-state index in [-0.39, 0.29) is 6.03 Å². The smallest absolute Gasteiger partial charge is 0.318 e. The van der Waals surface area contributed by atoms with Gasteiger partial charge in [0.25, 0.3) is 0 Å². The number of nitrogens with zero attached hydrogens (tertiary/aromatic N) is 3. The van der Waals surface area contributed by atoms with E-state index in [1.165, 1.54) is 43.5 Å². The van der Waals surface area contributed by atoms with E-state index in [1.807, 2.05) is 0 Å². The number of fused-ring (bicyclic) bond motifs is 1. The average Bonchev–Trinajstić information content (AvgIpc) is 3.30. The molecule has 2 amide bonds. The van der Waals surface area contributed by atoms with Gasteiger partial charge in [-0.05, 0) is 82.3 Å². The first-order valence-electron chi connectivity index (χ1n) is 10.3. The van der Waals surface area contributed by atoms with E-state index in [0.717, 1.165) is 42.8 Å². The lowest BCUT2D eigenvalue weighted by Gasteiger charge is -2.37. The molecule has 2 aliphatic heterocycles. The topological polar surface area (TPSA) is 64.3 Å². The zero-order chi connectivity index (χ0) is 18.8. The Balaban J connectivity index is 1.38. The van der Waals surface area contributed by atoms with Crippen LogP contribution in [0.15, 0.2) is 12.1 Å². The van der Waals surface area contributed by atoms with Crippen molar-refractivity contribution >= 4 is 17.1 Å². The summed E-state index contributed by atoms with van der Waals surface area (Å²) in [5.41, 5.74) is 4.49. The molecular formula is C21H31N5O. The number of aryl methyl sites for hydroxylation is 2. The summed E-state index contributed by atoms with van der Waals surface area (Å²) in [6.07, 6.45) is 6.04. The Morgan fingerprint density at radius 1 is 1.15 bits per heavy atom. The average molecular weight is 370 g/mol. The maximum atomic E-state index is 12.8. The number of nitrogens with one attached hydrogen (secondary N) is 2. The van der Waals surface area contributed by atoms with E-state index in [4.69, 9.17) is 0 Å². The van der Waals surface area contributed by atoms with Crippen LogP contribution in [0.5, 0.6) is 0 Å². The highest BCUT2D eigenvalue weighted by atomic mass is 16.2. The van der Waals surface area contributed by atoms with Crippen LogP contribution in [-0.2, 0) is 6.54 Å². The molecule has 0 radical (unpaired) electrons.